The molecule has 0 aromatic heterocycles. The van der Waals surface area contributed by atoms with E-state index < -0.39 is 0 Å². The van der Waals surface area contributed by atoms with E-state index in [4.69, 9.17) is 4.74 Å². The summed E-state index contributed by atoms with van der Waals surface area (Å²) >= 11 is 0. The maximum absolute atomic E-state index is 9.34. The number of hydrogen-bond donors (Lipinski definition) is 2. The van der Waals surface area contributed by atoms with Crippen molar-refractivity contribution in [1.82, 2.24) is 5.32 Å². The molecule has 3 heteroatoms. The Morgan fingerprint density at radius 1 is 1.33 bits per heavy atom. The molecular formula is C18H27NO2. The first-order chi connectivity index (χ1) is 10.1. The van der Waals surface area contributed by atoms with E-state index in [0.717, 1.165) is 19.6 Å². The van der Waals surface area contributed by atoms with Crippen LogP contribution >= 0.6 is 0 Å². The summed E-state index contributed by atoms with van der Waals surface area (Å²) in [7, 11) is 0. The molecule has 4 atom stereocenters. The van der Waals surface area contributed by atoms with Gasteiger partial charge in [-0.05, 0) is 24.3 Å². The van der Waals surface area contributed by atoms with Crippen molar-refractivity contribution in [1.29, 1.82) is 0 Å². The summed E-state index contributed by atoms with van der Waals surface area (Å²) in [5.41, 5.74) is 1.54. The number of fused-ring (bicyclic) bond motifs is 1. The van der Waals surface area contributed by atoms with Crippen LogP contribution in [0.5, 0.6) is 0 Å². The molecule has 116 valence electrons. The molecule has 3 nitrogen and oxygen atoms in total. The minimum absolute atomic E-state index is 0.224. The molecule has 1 heterocycles. The minimum atomic E-state index is 0.224. The summed E-state index contributed by atoms with van der Waals surface area (Å²) in [6, 6.07) is 11.1. The highest BCUT2D eigenvalue weighted by molar-refractivity contribution is 5.20. The van der Waals surface area contributed by atoms with Crippen LogP contribution in [0, 0.1) is 11.3 Å². The van der Waals surface area contributed by atoms with Crippen molar-refractivity contribution < 1.29 is 9.84 Å². The molecule has 1 aromatic rings. The number of nitrogens with one attached hydrogen (secondary N) is 1. The maximum Gasteiger partial charge on any atom is 0.0685 e. The van der Waals surface area contributed by atoms with Crippen molar-refractivity contribution in [3.63, 3.8) is 0 Å². The zero-order valence-corrected chi connectivity index (χ0v) is 13.1. The van der Waals surface area contributed by atoms with Crippen LogP contribution in [0.1, 0.15) is 38.2 Å². The average Bonchev–Trinajstić information content (AvgIpc) is 2.94. The lowest BCUT2D eigenvalue weighted by Gasteiger charge is -2.55. The Morgan fingerprint density at radius 3 is 2.81 bits per heavy atom. The van der Waals surface area contributed by atoms with E-state index in [1.807, 2.05) is 6.07 Å². The van der Waals surface area contributed by atoms with Crippen molar-refractivity contribution in [2.75, 3.05) is 19.8 Å². The van der Waals surface area contributed by atoms with Crippen LogP contribution in [-0.2, 0) is 4.74 Å². The fraction of sp³-hybridized carbons (Fsp3) is 0.667. The molecule has 0 bridgehead atoms. The van der Waals surface area contributed by atoms with E-state index in [2.05, 4.69) is 43.4 Å². The number of aliphatic hydroxyl groups is 1. The lowest BCUT2D eigenvalue weighted by atomic mass is 9.57. The van der Waals surface area contributed by atoms with E-state index >= 15 is 0 Å². The standard InChI is InChI=1S/C18H27NO2/c1-18(2)16(15-9-11-21-17(15)18)19-12-14(8-10-20)13-6-4-3-5-7-13/h3-7,14-17,19-20H,8-12H2,1-2H3. The van der Waals surface area contributed by atoms with Crippen LogP contribution in [0.3, 0.4) is 0 Å². The number of ether oxygens (including phenoxy) is 1. The summed E-state index contributed by atoms with van der Waals surface area (Å²) < 4.78 is 5.86. The molecule has 0 spiro atoms. The number of aliphatic hydroxyl groups excluding tert-OH is 1. The smallest absolute Gasteiger partial charge is 0.0685 e. The fourth-order valence-corrected chi connectivity index (χ4v) is 4.28. The molecular weight excluding hydrogens is 262 g/mol. The summed E-state index contributed by atoms with van der Waals surface area (Å²) in [6.07, 6.45) is 2.43. The van der Waals surface area contributed by atoms with Crippen LogP contribution in [0.2, 0.25) is 0 Å². The second kappa shape index (κ2) is 6.07. The third kappa shape index (κ3) is 2.75. The third-order valence-corrected chi connectivity index (χ3v) is 5.43. The first kappa shape index (κ1) is 15.0. The third-order valence-electron chi connectivity index (χ3n) is 5.43. The van der Waals surface area contributed by atoms with Crippen LogP contribution in [-0.4, -0.2) is 37.0 Å². The fourth-order valence-electron chi connectivity index (χ4n) is 4.28. The monoisotopic (exact) mass is 289 g/mol. The Hall–Kier alpha value is -0.900. The first-order valence-corrected chi connectivity index (χ1v) is 8.15. The van der Waals surface area contributed by atoms with Gasteiger partial charge in [-0.3, -0.25) is 0 Å². The summed E-state index contributed by atoms with van der Waals surface area (Å²) in [6.45, 7) is 6.70. The van der Waals surface area contributed by atoms with Crippen LogP contribution in [0.15, 0.2) is 30.3 Å². The lowest BCUT2D eigenvalue weighted by molar-refractivity contribution is -0.112. The van der Waals surface area contributed by atoms with E-state index in [-0.39, 0.29) is 12.0 Å². The molecule has 1 aromatic carbocycles. The van der Waals surface area contributed by atoms with Gasteiger partial charge in [0, 0.05) is 37.1 Å². The van der Waals surface area contributed by atoms with Gasteiger partial charge in [0.1, 0.15) is 0 Å². The first-order valence-electron chi connectivity index (χ1n) is 8.15. The van der Waals surface area contributed by atoms with Crippen molar-refractivity contribution >= 4 is 0 Å². The quantitative estimate of drug-likeness (QED) is 0.845. The van der Waals surface area contributed by atoms with E-state index in [0.29, 0.717) is 24.0 Å². The predicted octanol–water partition coefficient (Wildman–Crippen LogP) is 2.56. The molecule has 2 aliphatic rings. The SMILES string of the molecule is CC1(C)C(NCC(CCO)c2ccccc2)C2CCOC21. The Kier molecular flexibility index (Phi) is 4.34. The number of hydrogen-bond acceptors (Lipinski definition) is 3. The van der Waals surface area contributed by atoms with E-state index in [9.17, 15) is 5.11 Å². The molecule has 1 saturated heterocycles. The lowest BCUT2D eigenvalue weighted by Crippen LogP contribution is -2.66. The Labute approximate surface area is 127 Å². The Bertz CT molecular complexity index is 460. The second-order valence-electron chi connectivity index (χ2n) is 7.07. The molecule has 4 unspecified atom stereocenters. The Morgan fingerprint density at radius 2 is 2.10 bits per heavy atom. The van der Waals surface area contributed by atoms with Crippen molar-refractivity contribution in [2.24, 2.45) is 11.3 Å². The van der Waals surface area contributed by atoms with E-state index in [1.165, 1.54) is 12.0 Å². The normalized spacial score (nSPS) is 31.5. The molecule has 3 rings (SSSR count). The highest BCUT2D eigenvalue weighted by atomic mass is 16.5. The molecule has 21 heavy (non-hydrogen) atoms. The largest absolute Gasteiger partial charge is 0.396 e. The predicted molar refractivity (Wildman–Crippen MR) is 84.3 cm³/mol. The highest BCUT2D eigenvalue weighted by Gasteiger charge is 2.58. The topological polar surface area (TPSA) is 41.5 Å². The maximum atomic E-state index is 9.34. The van der Waals surface area contributed by atoms with Crippen molar-refractivity contribution in [3.8, 4) is 0 Å². The second-order valence-corrected chi connectivity index (χ2v) is 7.07. The zero-order chi connectivity index (χ0) is 14.9. The molecule has 0 amide bonds. The minimum Gasteiger partial charge on any atom is -0.396 e. The number of rotatable bonds is 6. The van der Waals surface area contributed by atoms with Gasteiger partial charge in [-0.1, -0.05) is 44.2 Å². The summed E-state index contributed by atoms with van der Waals surface area (Å²) in [5, 5.41) is 13.1. The van der Waals surface area contributed by atoms with E-state index in [1.54, 1.807) is 0 Å². The van der Waals surface area contributed by atoms with Crippen molar-refractivity contribution in [3.05, 3.63) is 35.9 Å². The van der Waals surface area contributed by atoms with Crippen LogP contribution < -0.4 is 5.32 Å². The van der Waals surface area contributed by atoms with Gasteiger partial charge < -0.3 is 15.2 Å². The van der Waals surface area contributed by atoms with Gasteiger partial charge in [-0.2, -0.15) is 0 Å². The van der Waals surface area contributed by atoms with Gasteiger partial charge in [0.2, 0.25) is 0 Å². The van der Waals surface area contributed by atoms with Gasteiger partial charge in [0.15, 0.2) is 0 Å². The summed E-state index contributed by atoms with van der Waals surface area (Å²) in [5.74, 6) is 1.05. The molecule has 1 aliphatic heterocycles. The van der Waals surface area contributed by atoms with Gasteiger partial charge in [0.05, 0.1) is 6.10 Å². The van der Waals surface area contributed by atoms with Crippen molar-refractivity contribution in [2.45, 2.75) is 44.8 Å². The molecule has 1 saturated carbocycles. The molecule has 2 fully saturated rings. The number of benzene rings is 1. The summed E-state index contributed by atoms with van der Waals surface area (Å²) in [4.78, 5) is 0. The van der Waals surface area contributed by atoms with Gasteiger partial charge in [-0.15, -0.1) is 0 Å². The van der Waals surface area contributed by atoms with Gasteiger partial charge >= 0.3 is 0 Å². The molecule has 2 N–H and O–H groups in total. The highest BCUT2D eigenvalue weighted by Crippen LogP contribution is 2.52. The average molecular weight is 289 g/mol. The van der Waals surface area contributed by atoms with Gasteiger partial charge in [0.25, 0.3) is 0 Å². The van der Waals surface area contributed by atoms with Gasteiger partial charge in [-0.25, -0.2) is 0 Å². The van der Waals surface area contributed by atoms with Crippen LogP contribution in [0.4, 0.5) is 0 Å². The molecule has 0 radical (unpaired) electrons. The van der Waals surface area contributed by atoms with Crippen LogP contribution in [0.25, 0.3) is 0 Å². The Balaban J connectivity index is 1.62. The molecule has 1 aliphatic carbocycles. The zero-order valence-electron chi connectivity index (χ0n) is 13.1.